The third-order valence-electron chi connectivity index (χ3n) is 5.35. The Labute approximate surface area is 186 Å². The van der Waals surface area contributed by atoms with Crippen molar-refractivity contribution in [3.05, 3.63) is 66.2 Å². The van der Waals surface area contributed by atoms with Gasteiger partial charge in [0.15, 0.2) is 5.82 Å². The first kappa shape index (κ1) is 20.4. The maximum Gasteiger partial charge on any atom is 0.154 e. The molecule has 5 heterocycles. The number of pyridine rings is 3. The molecule has 32 heavy (non-hydrogen) atoms. The van der Waals surface area contributed by atoms with Crippen molar-refractivity contribution >= 4 is 17.2 Å². The molecular weight excluding hydrogens is 404 g/mol. The smallest absolute Gasteiger partial charge is 0.154 e. The number of nitrogens with one attached hydrogen (secondary N) is 2. The highest BCUT2D eigenvalue weighted by Crippen LogP contribution is 2.31. The third-order valence-corrected chi connectivity index (χ3v) is 5.35. The van der Waals surface area contributed by atoms with Crippen LogP contribution in [0.4, 0.5) is 11.6 Å². The van der Waals surface area contributed by atoms with Gasteiger partial charge in [-0.15, -0.1) is 0 Å². The lowest BCUT2D eigenvalue weighted by atomic mass is 10.1. The van der Waals surface area contributed by atoms with Crippen LogP contribution in [0.15, 0.2) is 54.9 Å². The Balaban J connectivity index is 1.40. The standard InChI is InChI=1S/C24H26N6O2/c1-16-4-3-5-23(27-16)28-24-12-19-11-18(6-8-30(19)29-24)21-10-17(2)26-14-22(21)32-15-20-13-25-7-9-31-20/h3-6,8,10-12,14,20,25H,7,9,13,15H2,1-2H3,(H,27,28,29)/t20-/m0/s1. The summed E-state index contributed by atoms with van der Waals surface area (Å²) in [4.78, 5) is 8.92. The average molecular weight is 431 g/mol. The van der Waals surface area contributed by atoms with E-state index in [2.05, 4.69) is 31.8 Å². The summed E-state index contributed by atoms with van der Waals surface area (Å²) >= 11 is 0. The van der Waals surface area contributed by atoms with E-state index in [4.69, 9.17) is 9.47 Å². The van der Waals surface area contributed by atoms with Crippen molar-refractivity contribution in [2.24, 2.45) is 0 Å². The predicted octanol–water partition coefficient (Wildman–Crippen LogP) is 3.52. The van der Waals surface area contributed by atoms with E-state index in [0.29, 0.717) is 13.2 Å². The summed E-state index contributed by atoms with van der Waals surface area (Å²) in [5.41, 5.74) is 4.90. The normalized spacial score (nSPS) is 16.2. The van der Waals surface area contributed by atoms with Gasteiger partial charge in [-0.05, 0) is 49.7 Å². The van der Waals surface area contributed by atoms with E-state index in [0.717, 1.165) is 58.5 Å². The fourth-order valence-corrected chi connectivity index (χ4v) is 3.76. The highest BCUT2D eigenvalue weighted by molar-refractivity contribution is 5.75. The van der Waals surface area contributed by atoms with Crippen LogP contribution < -0.4 is 15.4 Å². The first-order chi connectivity index (χ1) is 15.6. The van der Waals surface area contributed by atoms with Gasteiger partial charge in [-0.1, -0.05) is 6.07 Å². The van der Waals surface area contributed by atoms with Crippen LogP contribution in [0.1, 0.15) is 11.4 Å². The van der Waals surface area contributed by atoms with Crippen molar-refractivity contribution < 1.29 is 9.47 Å². The van der Waals surface area contributed by atoms with E-state index >= 15 is 0 Å². The summed E-state index contributed by atoms with van der Waals surface area (Å²) in [6, 6.07) is 14.1. The lowest BCUT2D eigenvalue weighted by Crippen LogP contribution is -2.41. The molecule has 2 N–H and O–H groups in total. The highest BCUT2D eigenvalue weighted by atomic mass is 16.5. The number of aromatic nitrogens is 4. The van der Waals surface area contributed by atoms with Crippen LogP contribution in [-0.2, 0) is 4.74 Å². The Kier molecular flexibility index (Phi) is 5.70. The number of morpholine rings is 1. The van der Waals surface area contributed by atoms with Gasteiger partial charge in [-0.25, -0.2) is 9.50 Å². The number of hydrogen-bond acceptors (Lipinski definition) is 7. The molecule has 5 rings (SSSR count). The molecular formula is C24H26N6O2. The zero-order valence-electron chi connectivity index (χ0n) is 18.2. The Morgan fingerprint density at radius 3 is 2.94 bits per heavy atom. The Morgan fingerprint density at radius 2 is 2.09 bits per heavy atom. The van der Waals surface area contributed by atoms with Gasteiger partial charge in [0.2, 0.25) is 0 Å². The Hall–Kier alpha value is -3.49. The van der Waals surface area contributed by atoms with Crippen LogP contribution >= 0.6 is 0 Å². The number of ether oxygens (including phenoxy) is 2. The van der Waals surface area contributed by atoms with E-state index in [1.54, 1.807) is 6.20 Å². The van der Waals surface area contributed by atoms with Gasteiger partial charge in [0.25, 0.3) is 0 Å². The molecule has 4 aromatic heterocycles. The fourth-order valence-electron chi connectivity index (χ4n) is 3.76. The fraction of sp³-hybridized carbons (Fsp3) is 0.292. The second-order valence-electron chi connectivity index (χ2n) is 7.93. The summed E-state index contributed by atoms with van der Waals surface area (Å²) < 4.78 is 13.7. The maximum atomic E-state index is 6.12. The number of hydrogen-bond donors (Lipinski definition) is 2. The van der Waals surface area contributed by atoms with E-state index < -0.39 is 0 Å². The molecule has 0 aliphatic carbocycles. The summed E-state index contributed by atoms with van der Waals surface area (Å²) in [7, 11) is 0. The van der Waals surface area contributed by atoms with E-state index in [-0.39, 0.29) is 6.10 Å². The Bertz CT molecular complexity index is 1230. The summed E-state index contributed by atoms with van der Waals surface area (Å²) in [6.07, 6.45) is 3.78. The van der Waals surface area contributed by atoms with Crippen LogP contribution in [0, 0.1) is 13.8 Å². The summed E-state index contributed by atoms with van der Waals surface area (Å²) in [5, 5.41) is 11.2. The van der Waals surface area contributed by atoms with Gasteiger partial charge >= 0.3 is 0 Å². The third kappa shape index (κ3) is 4.56. The summed E-state index contributed by atoms with van der Waals surface area (Å²) in [5.74, 6) is 2.26. The number of aryl methyl sites for hydroxylation is 2. The minimum atomic E-state index is 0.0408. The average Bonchev–Trinajstić information content (AvgIpc) is 3.20. The highest BCUT2D eigenvalue weighted by Gasteiger charge is 2.16. The molecule has 0 saturated carbocycles. The number of anilines is 2. The Morgan fingerprint density at radius 1 is 1.16 bits per heavy atom. The van der Waals surface area contributed by atoms with Gasteiger partial charge in [-0.3, -0.25) is 4.98 Å². The maximum absolute atomic E-state index is 6.12. The molecule has 1 saturated heterocycles. The quantitative estimate of drug-likeness (QED) is 0.484. The first-order valence-electron chi connectivity index (χ1n) is 10.8. The molecule has 4 aromatic rings. The molecule has 1 aliphatic rings. The van der Waals surface area contributed by atoms with Crippen LogP contribution in [0.3, 0.4) is 0 Å². The first-order valence-corrected chi connectivity index (χ1v) is 10.8. The lowest BCUT2D eigenvalue weighted by Gasteiger charge is -2.24. The zero-order valence-corrected chi connectivity index (χ0v) is 18.2. The van der Waals surface area contributed by atoms with E-state index in [9.17, 15) is 0 Å². The molecule has 0 bridgehead atoms. The molecule has 1 fully saturated rings. The molecule has 8 heteroatoms. The largest absolute Gasteiger partial charge is 0.489 e. The van der Waals surface area contributed by atoms with Crippen LogP contribution in [-0.4, -0.2) is 52.0 Å². The molecule has 8 nitrogen and oxygen atoms in total. The number of rotatable bonds is 6. The lowest BCUT2D eigenvalue weighted by molar-refractivity contribution is 0.000245. The number of nitrogens with zero attached hydrogens (tertiary/aromatic N) is 4. The predicted molar refractivity (Wildman–Crippen MR) is 124 cm³/mol. The molecule has 0 amide bonds. The van der Waals surface area contributed by atoms with Gasteiger partial charge in [-0.2, -0.15) is 5.10 Å². The van der Waals surface area contributed by atoms with Crippen LogP contribution in [0.25, 0.3) is 16.6 Å². The minimum absolute atomic E-state index is 0.0408. The van der Waals surface area contributed by atoms with Crippen molar-refractivity contribution in [2.75, 3.05) is 31.6 Å². The molecule has 0 unspecified atom stereocenters. The second-order valence-corrected chi connectivity index (χ2v) is 7.93. The number of fused-ring (bicyclic) bond motifs is 1. The van der Waals surface area contributed by atoms with Crippen LogP contribution in [0.2, 0.25) is 0 Å². The zero-order chi connectivity index (χ0) is 21.9. The van der Waals surface area contributed by atoms with Gasteiger partial charge in [0.05, 0.1) is 18.3 Å². The second kappa shape index (κ2) is 8.94. The van der Waals surface area contributed by atoms with E-state index in [1.165, 1.54) is 0 Å². The SMILES string of the molecule is Cc1cc(-c2ccn3nc(Nc4cccc(C)n4)cc3c2)c(OC[C@@H]2CNCCO2)cn1. The molecule has 1 atom stereocenters. The van der Waals surface area contributed by atoms with Gasteiger partial charge in [0.1, 0.15) is 24.3 Å². The van der Waals surface area contributed by atoms with Gasteiger partial charge < -0.3 is 20.1 Å². The van der Waals surface area contributed by atoms with Crippen LogP contribution in [0.5, 0.6) is 5.75 Å². The van der Waals surface area contributed by atoms with Crippen molar-refractivity contribution in [3.63, 3.8) is 0 Å². The van der Waals surface area contributed by atoms with Crippen molar-refractivity contribution in [3.8, 4) is 16.9 Å². The van der Waals surface area contributed by atoms with Gasteiger partial charge in [0, 0.05) is 42.3 Å². The molecule has 164 valence electrons. The monoisotopic (exact) mass is 430 g/mol. The molecule has 0 radical (unpaired) electrons. The topological polar surface area (TPSA) is 85.6 Å². The van der Waals surface area contributed by atoms with Crippen molar-refractivity contribution in [1.82, 2.24) is 24.9 Å². The summed E-state index contributed by atoms with van der Waals surface area (Å²) in [6.45, 7) is 6.82. The van der Waals surface area contributed by atoms with Crippen molar-refractivity contribution in [2.45, 2.75) is 20.0 Å². The minimum Gasteiger partial charge on any atom is -0.489 e. The van der Waals surface area contributed by atoms with E-state index in [1.807, 2.05) is 61.0 Å². The molecule has 0 aromatic carbocycles. The van der Waals surface area contributed by atoms with Crippen molar-refractivity contribution in [1.29, 1.82) is 0 Å². The molecule has 0 spiro atoms. The molecule has 1 aliphatic heterocycles.